The van der Waals surface area contributed by atoms with Gasteiger partial charge in [0.15, 0.2) is 11.6 Å². The third kappa shape index (κ3) is 2.17. The van der Waals surface area contributed by atoms with Gasteiger partial charge in [0, 0.05) is 13.2 Å². The molecule has 102 valence electrons. The van der Waals surface area contributed by atoms with E-state index in [1.54, 1.807) is 17.9 Å². The topological polar surface area (TPSA) is 104 Å². The van der Waals surface area contributed by atoms with Crippen molar-refractivity contribution in [3.8, 4) is 5.82 Å². The van der Waals surface area contributed by atoms with Crippen LogP contribution in [0.2, 0.25) is 0 Å². The number of hydrogen-bond donors (Lipinski definition) is 2. The second kappa shape index (κ2) is 5.19. The highest BCUT2D eigenvalue weighted by Gasteiger charge is 2.10. The molecule has 0 radical (unpaired) electrons. The number of methoxy groups -OCH3 is 1. The van der Waals surface area contributed by atoms with E-state index in [9.17, 15) is 0 Å². The van der Waals surface area contributed by atoms with Gasteiger partial charge in [-0.2, -0.15) is 4.68 Å². The number of benzene rings is 1. The first-order valence-corrected chi connectivity index (χ1v) is 5.96. The summed E-state index contributed by atoms with van der Waals surface area (Å²) < 4.78 is 6.68. The van der Waals surface area contributed by atoms with Crippen LogP contribution >= 0.6 is 0 Å². The van der Waals surface area contributed by atoms with Gasteiger partial charge in [-0.1, -0.05) is 17.3 Å². The maximum Gasteiger partial charge on any atom is 0.161 e. The van der Waals surface area contributed by atoms with Crippen LogP contribution in [-0.2, 0) is 11.3 Å². The fourth-order valence-electron chi connectivity index (χ4n) is 1.90. The van der Waals surface area contributed by atoms with Crippen LogP contribution < -0.4 is 11.3 Å². The lowest BCUT2D eigenvalue weighted by atomic mass is 10.3. The maximum atomic E-state index is 5.42. The highest BCUT2D eigenvalue weighted by Crippen LogP contribution is 2.16. The van der Waals surface area contributed by atoms with E-state index < -0.39 is 0 Å². The predicted octanol–water partition coefficient (Wildman–Crippen LogP) is 0.642. The number of nitrogens with one attached hydrogen (secondary N) is 1. The number of anilines is 1. The Labute approximate surface area is 114 Å². The first-order valence-electron chi connectivity index (χ1n) is 5.96. The summed E-state index contributed by atoms with van der Waals surface area (Å²) >= 11 is 0. The zero-order valence-corrected chi connectivity index (χ0v) is 10.8. The third-order valence-corrected chi connectivity index (χ3v) is 2.75. The van der Waals surface area contributed by atoms with Crippen molar-refractivity contribution in [1.29, 1.82) is 0 Å². The number of rotatable bonds is 4. The first-order chi connectivity index (χ1) is 9.81. The van der Waals surface area contributed by atoms with Crippen LogP contribution in [0.25, 0.3) is 16.9 Å². The molecule has 8 nitrogen and oxygen atoms in total. The summed E-state index contributed by atoms with van der Waals surface area (Å²) in [6, 6.07) is 9.33. The van der Waals surface area contributed by atoms with Gasteiger partial charge in [-0.3, -0.25) is 0 Å². The summed E-state index contributed by atoms with van der Waals surface area (Å²) in [5.74, 6) is 7.00. The largest absolute Gasteiger partial charge is 0.377 e. The molecule has 0 atom stereocenters. The number of para-hydroxylation sites is 1. The van der Waals surface area contributed by atoms with E-state index in [0.29, 0.717) is 17.5 Å². The molecule has 0 aliphatic heterocycles. The fraction of sp³-hybridized carbons (Fsp3) is 0.167. The molecule has 0 bridgehead atoms. The number of nitrogens with two attached hydrogens (primary N) is 1. The molecule has 2 heterocycles. The van der Waals surface area contributed by atoms with Crippen LogP contribution in [-0.4, -0.2) is 32.1 Å². The Balaban J connectivity index is 2.15. The molecular formula is C12H13N7O. The molecule has 0 spiro atoms. The quantitative estimate of drug-likeness (QED) is 0.530. The van der Waals surface area contributed by atoms with Gasteiger partial charge in [-0.25, -0.2) is 15.8 Å². The first kappa shape index (κ1) is 12.5. The zero-order chi connectivity index (χ0) is 13.9. The fourth-order valence-corrected chi connectivity index (χ4v) is 1.90. The van der Waals surface area contributed by atoms with E-state index in [1.165, 1.54) is 0 Å². The maximum absolute atomic E-state index is 5.42. The van der Waals surface area contributed by atoms with Gasteiger partial charge in [0.2, 0.25) is 0 Å². The van der Waals surface area contributed by atoms with Crippen LogP contribution in [0.1, 0.15) is 5.82 Å². The Morgan fingerprint density at radius 1 is 1.30 bits per heavy atom. The number of aromatic nitrogens is 5. The summed E-state index contributed by atoms with van der Waals surface area (Å²) in [6.07, 6.45) is 0. The van der Waals surface area contributed by atoms with E-state index in [2.05, 4.69) is 25.7 Å². The molecule has 3 N–H and O–H groups in total. The molecular weight excluding hydrogens is 258 g/mol. The van der Waals surface area contributed by atoms with E-state index >= 15 is 0 Å². The average Bonchev–Trinajstić information content (AvgIpc) is 2.91. The van der Waals surface area contributed by atoms with Crippen LogP contribution in [0.15, 0.2) is 30.3 Å². The second-order valence-electron chi connectivity index (χ2n) is 4.09. The lowest BCUT2D eigenvalue weighted by molar-refractivity contribution is 0.178. The molecule has 0 unspecified atom stereocenters. The molecule has 20 heavy (non-hydrogen) atoms. The molecule has 0 fully saturated rings. The summed E-state index contributed by atoms with van der Waals surface area (Å²) in [7, 11) is 1.58. The number of nitrogen functional groups attached to an aromatic ring is 1. The van der Waals surface area contributed by atoms with Crippen LogP contribution in [0.3, 0.4) is 0 Å². The lowest BCUT2D eigenvalue weighted by Gasteiger charge is -2.07. The van der Waals surface area contributed by atoms with Gasteiger partial charge >= 0.3 is 0 Å². The summed E-state index contributed by atoms with van der Waals surface area (Å²) in [6.45, 7) is 0.287. The summed E-state index contributed by atoms with van der Waals surface area (Å²) in [5.41, 5.74) is 4.16. The standard InChI is InChI=1S/C12H13N7O/c1-20-7-11-14-10(16-13)6-12(15-11)19-9-5-3-2-4-8(9)17-18-19/h2-6H,7,13H2,1H3,(H,14,15,16). The van der Waals surface area contributed by atoms with Crippen molar-refractivity contribution in [1.82, 2.24) is 25.0 Å². The highest BCUT2D eigenvalue weighted by atomic mass is 16.5. The van der Waals surface area contributed by atoms with Crippen molar-refractivity contribution >= 4 is 16.9 Å². The van der Waals surface area contributed by atoms with Gasteiger partial charge in [-0.15, -0.1) is 5.10 Å². The average molecular weight is 271 g/mol. The second-order valence-corrected chi connectivity index (χ2v) is 4.09. The Hall–Kier alpha value is -2.58. The van der Waals surface area contributed by atoms with E-state index in [0.717, 1.165) is 11.0 Å². The van der Waals surface area contributed by atoms with Gasteiger partial charge in [0.05, 0.1) is 5.52 Å². The lowest BCUT2D eigenvalue weighted by Crippen LogP contribution is -2.13. The molecule has 2 aromatic heterocycles. The monoisotopic (exact) mass is 271 g/mol. The summed E-state index contributed by atoms with van der Waals surface area (Å²) in [4.78, 5) is 8.59. The van der Waals surface area contributed by atoms with Gasteiger partial charge in [0.25, 0.3) is 0 Å². The van der Waals surface area contributed by atoms with E-state index in [4.69, 9.17) is 10.6 Å². The number of hydrogen-bond acceptors (Lipinski definition) is 7. The molecule has 0 saturated carbocycles. The number of hydrazine groups is 1. The molecule has 0 aliphatic carbocycles. The molecule has 3 aromatic rings. The molecule has 8 heteroatoms. The zero-order valence-electron chi connectivity index (χ0n) is 10.8. The Bertz CT molecular complexity index is 740. The van der Waals surface area contributed by atoms with Crippen molar-refractivity contribution in [3.63, 3.8) is 0 Å². The minimum absolute atomic E-state index is 0.287. The smallest absolute Gasteiger partial charge is 0.161 e. The van der Waals surface area contributed by atoms with Crippen LogP contribution in [0.4, 0.5) is 5.82 Å². The van der Waals surface area contributed by atoms with Crippen LogP contribution in [0.5, 0.6) is 0 Å². The SMILES string of the molecule is COCc1nc(NN)cc(-n2nnc3ccccc32)n1. The van der Waals surface area contributed by atoms with Crippen molar-refractivity contribution in [2.75, 3.05) is 12.5 Å². The molecule has 0 aliphatic rings. The van der Waals surface area contributed by atoms with E-state index in [1.807, 2.05) is 24.3 Å². The van der Waals surface area contributed by atoms with Crippen LogP contribution in [0, 0.1) is 0 Å². The van der Waals surface area contributed by atoms with Crippen molar-refractivity contribution in [2.24, 2.45) is 5.84 Å². The predicted molar refractivity (Wildman–Crippen MR) is 73.0 cm³/mol. The molecule has 0 amide bonds. The van der Waals surface area contributed by atoms with E-state index in [-0.39, 0.29) is 6.61 Å². The van der Waals surface area contributed by atoms with Gasteiger partial charge in [0.1, 0.15) is 17.9 Å². The van der Waals surface area contributed by atoms with Gasteiger partial charge < -0.3 is 10.2 Å². The third-order valence-electron chi connectivity index (χ3n) is 2.75. The van der Waals surface area contributed by atoms with Crippen molar-refractivity contribution in [2.45, 2.75) is 6.61 Å². The summed E-state index contributed by atoms with van der Waals surface area (Å²) in [5, 5.41) is 8.21. The Morgan fingerprint density at radius 2 is 2.15 bits per heavy atom. The Kier molecular flexibility index (Phi) is 3.23. The highest BCUT2D eigenvalue weighted by molar-refractivity contribution is 5.75. The number of nitrogens with zero attached hydrogens (tertiary/aromatic N) is 5. The molecule has 3 rings (SSSR count). The minimum atomic E-state index is 0.287. The Morgan fingerprint density at radius 3 is 2.95 bits per heavy atom. The van der Waals surface area contributed by atoms with Crippen molar-refractivity contribution < 1.29 is 4.74 Å². The molecule has 0 saturated heterocycles. The van der Waals surface area contributed by atoms with Crippen molar-refractivity contribution in [3.05, 3.63) is 36.2 Å². The van der Waals surface area contributed by atoms with Gasteiger partial charge in [-0.05, 0) is 12.1 Å². The minimum Gasteiger partial charge on any atom is -0.377 e. The normalized spacial score (nSPS) is 10.9. The number of fused-ring (bicyclic) bond motifs is 1. The molecule has 1 aromatic carbocycles. The number of ether oxygens (including phenoxy) is 1.